The van der Waals surface area contributed by atoms with Crippen LogP contribution in [0, 0.1) is 0 Å². The second-order valence-electron chi connectivity index (χ2n) is 3.85. The molecule has 1 N–H and O–H groups in total. The van der Waals surface area contributed by atoms with Gasteiger partial charge in [-0.05, 0) is 32.2 Å². The number of carbonyl (C=O) groups is 1. The standard InChI is InChI=1S/C11H21NO3/c1-14-11(13)6-8-12-7-5-10-4-2-3-9-15-10/h10,12H,2-9H2,1H3. The van der Waals surface area contributed by atoms with Crippen LogP contribution in [0.3, 0.4) is 0 Å². The zero-order chi connectivity index (χ0) is 10.9. The Bertz CT molecular complexity index is 179. The van der Waals surface area contributed by atoms with Gasteiger partial charge in [-0.15, -0.1) is 0 Å². The number of carbonyl (C=O) groups excluding carboxylic acids is 1. The van der Waals surface area contributed by atoms with Crippen LogP contribution in [0.5, 0.6) is 0 Å². The number of nitrogens with one attached hydrogen (secondary N) is 1. The first kappa shape index (κ1) is 12.5. The van der Waals surface area contributed by atoms with E-state index < -0.39 is 0 Å². The van der Waals surface area contributed by atoms with Crippen molar-refractivity contribution in [3.05, 3.63) is 0 Å². The van der Waals surface area contributed by atoms with Crippen molar-refractivity contribution in [2.45, 2.75) is 38.2 Å². The van der Waals surface area contributed by atoms with Gasteiger partial charge in [0.2, 0.25) is 0 Å². The topological polar surface area (TPSA) is 47.6 Å². The van der Waals surface area contributed by atoms with Crippen molar-refractivity contribution < 1.29 is 14.3 Å². The molecule has 0 spiro atoms. The second-order valence-corrected chi connectivity index (χ2v) is 3.85. The third kappa shape index (κ3) is 5.74. The van der Waals surface area contributed by atoms with Gasteiger partial charge in [-0.1, -0.05) is 0 Å². The van der Waals surface area contributed by atoms with Crippen LogP contribution in [0.25, 0.3) is 0 Å². The normalized spacial score (nSPS) is 21.3. The highest BCUT2D eigenvalue weighted by Crippen LogP contribution is 2.14. The first-order valence-electron chi connectivity index (χ1n) is 5.72. The van der Waals surface area contributed by atoms with Gasteiger partial charge in [-0.2, -0.15) is 0 Å². The molecule has 1 atom stereocenters. The van der Waals surface area contributed by atoms with E-state index in [1.165, 1.54) is 26.4 Å². The summed E-state index contributed by atoms with van der Waals surface area (Å²) < 4.78 is 10.1. The van der Waals surface area contributed by atoms with E-state index in [1.54, 1.807) is 0 Å². The molecule has 0 radical (unpaired) electrons. The lowest BCUT2D eigenvalue weighted by molar-refractivity contribution is -0.140. The maximum Gasteiger partial charge on any atom is 0.306 e. The van der Waals surface area contributed by atoms with Crippen LogP contribution in [-0.2, 0) is 14.3 Å². The highest BCUT2D eigenvalue weighted by atomic mass is 16.5. The highest BCUT2D eigenvalue weighted by molar-refractivity contribution is 5.69. The monoisotopic (exact) mass is 215 g/mol. The third-order valence-corrected chi connectivity index (χ3v) is 2.65. The predicted molar refractivity (Wildman–Crippen MR) is 57.7 cm³/mol. The molecule has 1 heterocycles. The molecule has 0 saturated carbocycles. The summed E-state index contributed by atoms with van der Waals surface area (Å²) in [5.41, 5.74) is 0. The smallest absolute Gasteiger partial charge is 0.306 e. The first-order chi connectivity index (χ1) is 7.33. The highest BCUT2D eigenvalue weighted by Gasteiger charge is 2.12. The molecule has 4 nitrogen and oxygen atoms in total. The Morgan fingerprint density at radius 2 is 2.33 bits per heavy atom. The molecule has 1 aliphatic rings. The molecule has 88 valence electrons. The Balaban J connectivity index is 1.89. The van der Waals surface area contributed by atoms with Crippen LogP contribution in [0.1, 0.15) is 32.1 Å². The minimum absolute atomic E-state index is 0.156. The zero-order valence-electron chi connectivity index (χ0n) is 9.46. The molecule has 1 unspecified atom stereocenters. The lowest BCUT2D eigenvalue weighted by Crippen LogP contribution is -2.26. The fraction of sp³-hybridized carbons (Fsp3) is 0.909. The van der Waals surface area contributed by atoms with Gasteiger partial charge >= 0.3 is 5.97 Å². The number of hydrogen-bond acceptors (Lipinski definition) is 4. The van der Waals surface area contributed by atoms with Crippen LogP contribution >= 0.6 is 0 Å². The van der Waals surface area contributed by atoms with E-state index in [4.69, 9.17) is 4.74 Å². The van der Waals surface area contributed by atoms with E-state index in [2.05, 4.69) is 10.1 Å². The molecule has 1 rings (SSSR count). The first-order valence-corrected chi connectivity index (χ1v) is 5.72. The Kier molecular flexibility index (Phi) is 6.36. The van der Waals surface area contributed by atoms with Gasteiger partial charge in [-0.25, -0.2) is 0 Å². The summed E-state index contributed by atoms with van der Waals surface area (Å²) in [7, 11) is 1.41. The van der Waals surface area contributed by atoms with E-state index >= 15 is 0 Å². The molecular formula is C11H21NO3. The van der Waals surface area contributed by atoms with Crippen molar-refractivity contribution in [2.24, 2.45) is 0 Å². The van der Waals surface area contributed by atoms with Gasteiger partial charge in [0.25, 0.3) is 0 Å². The SMILES string of the molecule is COC(=O)CCNCCC1CCCCO1. The fourth-order valence-corrected chi connectivity index (χ4v) is 1.72. The van der Waals surface area contributed by atoms with E-state index in [1.807, 2.05) is 0 Å². The van der Waals surface area contributed by atoms with E-state index in [-0.39, 0.29) is 5.97 Å². The van der Waals surface area contributed by atoms with E-state index in [9.17, 15) is 4.79 Å². The Morgan fingerprint density at radius 3 is 3.00 bits per heavy atom. The van der Waals surface area contributed by atoms with Crippen LogP contribution in [0.15, 0.2) is 0 Å². The average Bonchev–Trinajstić information content (AvgIpc) is 2.29. The number of methoxy groups -OCH3 is 1. The molecule has 1 saturated heterocycles. The Hall–Kier alpha value is -0.610. The number of ether oxygens (including phenoxy) is 2. The summed E-state index contributed by atoms with van der Waals surface area (Å²) in [4.78, 5) is 10.8. The van der Waals surface area contributed by atoms with E-state index in [0.717, 1.165) is 19.6 Å². The van der Waals surface area contributed by atoms with Gasteiger partial charge in [0, 0.05) is 13.2 Å². The van der Waals surface area contributed by atoms with Crippen molar-refractivity contribution >= 4 is 5.97 Å². The van der Waals surface area contributed by atoms with Crippen LogP contribution in [0.4, 0.5) is 0 Å². The van der Waals surface area contributed by atoms with Crippen LogP contribution in [0.2, 0.25) is 0 Å². The number of hydrogen-bond donors (Lipinski definition) is 1. The maximum absolute atomic E-state index is 10.8. The average molecular weight is 215 g/mol. The van der Waals surface area contributed by atoms with Gasteiger partial charge in [-0.3, -0.25) is 4.79 Å². The second kappa shape index (κ2) is 7.65. The molecule has 0 aromatic heterocycles. The van der Waals surface area contributed by atoms with Crippen molar-refractivity contribution in [2.75, 3.05) is 26.8 Å². The minimum Gasteiger partial charge on any atom is -0.469 e. The molecule has 4 heteroatoms. The molecule has 0 aromatic rings. The minimum atomic E-state index is -0.156. The molecular weight excluding hydrogens is 194 g/mol. The number of rotatable bonds is 6. The summed E-state index contributed by atoms with van der Waals surface area (Å²) in [5.74, 6) is -0.156. The van der Waals surface area contributed by atoms with Gasteiger partial charge in [0.1, 0.15) is 0 Å². The van der Waals surface area contributed by atoms with Crippen LogP contribution < -0.4 is 5.32 Å². The molecule has 1 fully saturated rings. The van der Waals surface area contributed by atoms with Gasteiger partial charge in [0.15, 0.2) is 0 Å². The largest absolute Gasteiger partial charge is 0.469 e. The summed E-state index contributed by atoms with van der Waals surface area (Å²) in [6.45, 7) is 2.52. The van der Waals surface area contributed by atoms with Crippen molar-refractivity contribution in [3.8, 4) is 0 Å². The summed E-state index contributed by atoms with van der Waals surface area (Å²) >= 11 is 0. The van der Waals surface area contributed by atoms with Crippen molar-refractivity contribution in [1.82, 2.24) is 5.32 Å². The lowest BCUT2D eigenvalue weighted by atomic mass is 10.1. The molecule has 0 bridgehead atoms. The molecule has 0 amide bonds. The maximum atomic E-state index is 10.8. The molecule has 15 heavy (non-hydrogen) atoms. The molecule has 0 aliphatic carbocycles. The van der Waals surface area contributed by atoms with Gasteiger partial charge in [0.05, 0.1) is 19.6 Å². The Morgan fingerprint density at radius 1 is 1.47 bits per heavy atom. The fourth-order valence-electron chi connectivity index (χ4n) is 1.72. The Labute approximate surface area is 91.3 Å². The zero-order valence-corrected chi connectivity index (χ0v) is 9.46. The predicted octanol–water partition coefficient (Wildman–Crippen LogP) is 1.10. The summed E-state index contributed by atoms with van der Waals surface area (Å²) in [5, 5.41) is 3.22. The molecule has 0 aromatic carbocycles. The van der Waals surface area contributed by atoms with Crippen molar-refractivity contribution in [3.63, 3.8) is 0 Å². The summed E-state index contributed by atoms with van der Waals surface area (Å²) in [6.07, 6.45) is 5.57. The number of esters is 1. The lowest BCUT2D eigenvalue weighted by Gasteiger charge is -2.22. The van der Waals surface area contributed by atoms with Crippen LogP contribution in [-0.4, -0.2) is 38.9 Å². The quantitative estimate of drug-likeness (QED) is 0.532. The molecule has 1 aliphatic heterocycles. The third-order valence-electron chi connectivity index (χ3n) is 2.65. The van der Waals surface area contributed by atoms with E-state index in [0.29, 0.717) is 19.1 Å². The van der Waals surface area contributed by atoms with Gasteiger partial charge < -0.3 is 14.8 Å². The van der Waals surface area contributed by atoms with Crippen molar-refractivity contribution in [1.29, 1.82) is 0 Å². The summed E-state index contributed by atoms with van der Waals surface area (Å²) in [6, 6.07) is 0.